The fraction of sp³-hybridized carbons (Fsp3) is 0.167. The molecule has 0 aliphatic heterocycles. The first-order valence-corrected chi connectivity index (χ1v) is 7.29. The van der Waals surface area contributed by atoms with Gasteiger partial charge in [0.25, 0.3) is 0 Å². The van der Waals surface area contributed by atoms with E-state index in [0.29, 0.717) is 34.9 Å². The molecule has 1 aromatic heterocycles. The third kappa shape index (κ3) is 4.45. The van der Waals surface area contributed by atoms with Crippen molar-refractivity contribution in [3.8, 4) is 0 Å². The first kappa shape index (κ1) is 16.3. The van der Waals surface area contributed by atoms with Crippen molar-refractivity contribution in [3.05, 3.63) is 89.4 Å². The largest absolute Gasteiger partial charge is 0.493 e. The highest BCUT2D eigenvalue weighted by molar-refractivity contribution is 6.30. The summed E-state index contributed by atoms with van der Waals surface area (Å²) in [5, 5.41) is 10.9. The molecule has 0 spiro atoms. The molecule has 0 aliphatic rings. The Morgan fingerprint density at radius 3 is 2.77 bits per heavy atom. The monoisotopic (exact) mass is 315 g/mol. The molecule has 0 saturated heterocycles. The number of pyridine rings is 1. The molecule has 0 fully saturated rings. The molecule has 2 aromatic rings. The minimum absolute atomic E-state index is 0.374. The molecule has 1 heterocycles. The van der Waals surface area contributed by atoms with Crippen LogP contribution in [0, 0.1) is 0 Å². The molecular formula is C18H18ClNO2. The van der Waals surface area contributed by atoms with Crippen LogP contribution in [0.15, 0.2) is 73.3 Å². The Balaban J connectivity index is 1.85. The van der Waals surface area contributed by atoms with Crippen molar-refractivity contribution >= 4 is 11.6 Å². The Morgan fingerprint density at radius 2 is 2.09 bits per heavy atom. The molecule has 0 aliphatic carbocycles. The summed E-state index contributed by atoms with van der Waals surface area (Å²) in [5.74, 6) is 0.374. The normalized spacial score (nSPS) is 11.7. The number of halogens is 1. The minimum atomic E-state index is -0.868. The number of hydrogen-bond donors (Lipinski definition) is 1. The van der Waals surface area contributed by atoms with Gasteiger partial charge in [-0.1, -0.05) is 43.0 Å². The van der Waals surface area contributed by atoms with Crippen molar-refractivity contribution in [2.45, 2.75) is 12.5 Å². The van der Waals surface area contributed by atoms with Crippen molar-refractivity contribution in [1.29, 1.82) is 0 Å². The average molecular weight is 316 g/mol. The summed E-state index contributed by atoms with van der Waals surface area (Å²) >= 11 is 5.93. The van der Waals surface area contributed by atoms with Crippen LogP contribution in [-0.4, -0.2) is 16.7 Å². The van der Waals surface area contributed by atoms with Crippen LogP contribution in [0.25, 0.3) is 0 Å². The fourth-order valence-electron chi connectivity index (χ4n) is 1.97. The number of benzene rings is 1. The van der Waals surface area contributed by atoms with Crippen molar-refractivity contribution in [2.24, 2.45) is 0 Å². The van der Waals surface area contributed by atoms with Gasteiger partial charge in [0.1, 0.15) is 11.9 Å². The maximum absolute atomic E-state index is 10.2. The van der Waals surface area contributed by atoms with E-state index in [1.807, 2.05) is 24.3 Å². The van der Waals surface area contributed by atoms with E-state index >= 15 is 0 Å². The highest BCUT2D eigenvalue weighted by Gasteiger charge is 2.15. The van der Waals surface area contributed by atoms with Crippen LogP contribution in [0.3, 0.4) is 0 Å². The first-order valence-electron chi connectivity index (χ1n) is 6.91. The van der Waals surface area contributed by atoms with Crippen molar-refractivity contribution in [1.82, 2.24) is 4.98 Å². The van der Waals surface area contributed by atoms with Gasteiger partial charge in [0.05, 0.1) is 6.61 Å². The van der Waals surface area contributed by atoms with Gasteiger partial charge < -0.3 is 9.84 Å². The molecular weight excluding hydrogens is 298 g/mol. The van der Waals surface area contributed by atoms with Gasteiger partial charge in [-0.3, -0.25) is 4.98 Å². The van der Waals surface area contributed by atoms with Crippen LogP contribution in [0.5, 0.6) is 0 Å². The highest BCUT2D eigenvalue weighted by Crippen LogP contribution is 2.25. The third-order valence-electron chi connectivity index (χ3n) is 3.24. The first-order chi connectivity index (χ1) is 10.6. The Labute approximate surface area is 135 Å². The number of rotatable bonds is 7. The summed E-state index contributed by atoms with van der Waals surface area (Å²) in [6, 6.07) is 11.1. The van der Waals surface area contributed by atoms with Gasteiger partial charge in [0, 0.05) is 35.0 Å². The summed E-state index contributed by atoms with van der Waals surface area (Å²) in [5.41, 5.74) is 2.17. The molecule has 114 valence electrons. The molecule has 1 N–H and O–H groups in total. The molecule has 4 heteroatoms. The number of aromatic nitrogens is 1. The van der Waals surface area contributed by atoms with E-state index in [2.05, 4.69) is 18.1 Å². The zero-order chi connectivity index (χ0) is 15.9. The number of hydrogen-bond acceptors (Lipinski definition) is 3. The van der Waals surface area contributed by atoms with Gasteiger partial charge >= 0.3 is 0 Å². The number of ether oxygens (including phenoxy) is 1. The highest BCUT2D eigenvalue weighted by atomic mass is 35.5. The quantitative estimate of drug-likeness (QED) is 0.618. The molecule has 0 amide bonds. The fourth-order valence-corrected chi connectivity index (χ4v) is 2.18. The molecule has 1 aromatic carbocycles. The average Bonchev–Trinajstić information content (AvgIpc) is 2.54. The summed E-state index contributed by atoms with van der Waals surface area (Å²) in [6.07, 6.45) is 3.08. The van der Waals surface area contributed by atoms with Crippen molar-refractivity contribution in [2.75, 3.05) is 6.61 Å². The van der Waals surface area contributed by atoms with Crippen LogP contribution in [0.1, 0.15) is 17.2 Å². The van der Waals surface area contributed by atoms with Crippen LogP contribution >= 0.6 is 11.6 Å². The van der Waals surface area contributed by atoms with Gasteiger partial charge in [-0.15, -0.1) is 0 Å². The lowest BCUT2D eigenvalue weighted by atomic mass is 10.0. The van der Waals surface area contributed by atoms with Gasteiger partial charge in [0.15, 0.2) is 0 Å². The van der Waals surface area contributed by atoms with Crippen LogP contribution < -0.4 is 0 Å². The van der Waals surface area contributed by atoms with Crippen LogP contribution in [-0.2, 0) is 11.2 Å². The maximum atomic E-state index is 10.2. The molecule has 1 unspecified atom stereocenters. The number of aliphatic hydroxyl groups excluding tert-OH is 1. The van der Waals surface area contributed by atoms with Gasteiger partial charge in [-0.05, 0) is 23.8 Å². The van der Waals surface area contributed by atoms with E-state index in [1.54, 1.807) is 24.5 Å². The van der Waals surface area contributed by atoms with Gasteiger partial charge in [-0.2, -0.15) is 0 Å². The van der Waals surface area contributed by atoms with Gasteiger partial charge in [0.2, 0.25) is 0 Å². The second kappa shape index (κ2) is 7.78. The Kier molecular flexibility index (Phi) is 5.75. The SMILES string of the molecule is C=C(OCCc1cccc(Cl)c1)C(=C)C(O)c1cccnc1. The molecule has 0 radical (unpaired) electrons. The number of aliphatic hydroxyl groups is 1. The minimum Gasteiger partial charge on any atom is -0.493 e. The van der Waals surface area contributed by atoms with E-state index < -0.39 is 6.10 Å². The smallest absolute Gasteiger partial charge is 0.117 e. The lowest BCUT2D eigenvalue weighted by molar-refractivity contribution is 0.179. The third-order valence-corrected chi connectivity index (χ3v) is 3.48. The van der Waals surface area contributed by atoms with Crippen LogP contribution in [0.2, 0.25) is 5.02 Å². The Hall–Kier alpha value is -2.10. The standard InChI is InChI=1S/C18H18ClNO2/c1-13(18(21)16-6-4-9-20-12-16)14(2)22-10-8-15-5-3-7-17(19)11-15/h3-7,9,11-12,18,21H,1-2,8,10H2. The zero-order valence-corrected chi connectivity index (χ0v) is 13.0. The molecule has 1 atom stereocenters. The van der Waals surface area contributed by atoms with Crippen molar-refractivity contribution in [3.63, 3.8) is 0 Å². The maximum Gasteiger partial charge on any atom is 0.117 e. The second-order valence-electron chi connectivity index (χ2n) is 4.87. The molecule has 0 saturated carbocycles. The summed E-state index contributed by atoms with van der Waals surface area (Å²) in [4.78, 5) is 3.97. The lowest BCUT2D eigenvalue weighted by Gasteiger charge is -2.17. The van der Waals surface area contributed by atoms with E-state index in [4.69, 9.17) is 16.3 Å². The van der Waals surface area contributed by atoms with E-state index in [1.165, 1.54) is 0 Å². The Morgan fingerprint density at radius 1 is 1.27 bits per heavy atom. The zero-order valence-electron chi connectivity index (χ0n) is 12.2. The topological polar surface area (TPSA) is 42.4 Å². The van der Waals surface area contributed by atoms with Crippen LogP contribution in [0.4, 0.5) is 0 Å². The lowest BCUT2D eigenvalue weighted by Crippen LogP contribution is -2.07. The predicted molar refractivity (Wildman–Crippen MR) is 88.6 cm³/mol. The van der Waals surface area contributed by atoms with Crippen molar-refractivity contribution < 1.29 is 9.84 Å². The summed E-state index contributed by atoms with van der Waals surface area (Å²) in [7, 11) is 0. The van der Waals surface area contributed by atoms with E-state index in [-0.39, 0.29) is 0 Å². The molecule has 2 rings (SSSR count). The molecule has 22 heavy (non-hydrogen) atoms. The summed E-state index contributed by atoms with van der Waals surface area (Å²) < 4.78 is 5.57. The predicted octanol–water partition coefficient (Wildman–Crippen LogP) is 4.10. The van der Waals surface area contributed by atoms with E-state index in [0.717, 1.165) is 5.56 Å². The molecule has 0 bridgehead atoms. The number of nitrogens with zero attached hydrogens (tertiary/aromatic N) is 1. The second-order valence-corrected chi connectivity index (χ2v) is 5.30. The van der Waals surface area contributed by atoms with Gasteiger partial charge in [-0.25, -0.2) is 0 Å². The molecule has 3 nitrogen and oxygen atoms in total. The van der Waals surface area contributed by atoms with E-state index in [9.17, 15) is 5.11 Å². The summed E-state index contributed by atoms with van der Waals surface area (Å²) in [6.45, 7) is 8.11. The Bertz CT molecular complexity index is 655.